The predicted octanol–water partition coefficient (Wildman–Crippen LogP) is 12.3. The average molecular weight is 717 g/mol. The molecule has 0 aliphatic carbocycles. The summed E-state index contributed by atoms with van der Waals surface area (Å²) in [6.45, 7) is 12.3. The third-order valence-electron chi connectivity index (χ3n) is 11.2. The van der Waals surface area contributed by atoms with Crippen molar-refractivity contribution in [3.8, 4) is 11.1 Å². The molecule has 1 aliphatic rings. The molecule has 8 aromatic rings. The van der Waals surface area contributed by atoms with Crippen LogP contribution in [0.5, 0.6) is 0 Å². The zero-order valence-corrected chi connectivity index (χ0v) is 33.1. The van der Waals surface area contributed by atoms with E-state index in [0.29, 0.717) is 0 Å². The summed E-state index contributed by atoms with van der Waals surface area (Å²) in [6, 6.07) is 65.4. The van der Waals surface area contributed by atoms with Gasteiger partial charge in [0.25, 0.3) is 0 Å². The Labute approximate surface area is 315 Å². The molecule has 1 heterocycles. The summed E-state index contributed by atoms with van der Waals surface area (Å²) in [6.07, 6.45) is 0. The van der Waals surface area contributed by atoms with Gasteiger partial charge in [0, 0.05) is 33.8 Å². The maximum atomic E-state index is 2.54. The lowest BCUT2D eigenvalue weighted by Gasteiger charge is -2.36. The van der Waals surface area contributed by atoms with Crippen molar-refractivity contribution in [3.63, 3.8) is 0 Å². The minimum atomic E-state index is -2.17. The first kappa shape index (κ1) is 33.2. The molecule has 0 spiro atoms. The van der Waals surface area contributed by atoms with E-state index >= 15 is 0 Å². The average Bonchev–Trinajstić information content (AvgIpc) is 3.18. The molecule has 0 amide bonds. The molecule has 53 heavy (non-hydrogen) atoms. The molecule has 1 aliphatic heterocycles. The highest BCUT2D eigenvalue weighted by Gasteiger charge is 2.37. The van der Waals surface area contributed by atoms with Gasteiger partial charge in [-0.05, 0) is 104 Å². The number of anilines is 6. The summed E-state index contributed by atoms with van der Waals surface area (Å²) in [4.78, 5) is 4.87. The van der Waals surface area contributed by atoms with E-state index in [1.807, 2.05) is 0 Å². The van der Waals surface area contributed by atoms with Gasteiger partial charge in [0.15, 0.2) is 0 Å². The highest BCUT2D eigenvalue weighted by Crippen LogP contribution is 2.45. The van der Waals surface area contributed by atoms with Crippen LogP contribution >= 0.6 is 0 Å². The lowest BCUT2D eigenvalue weighted by molar-refractivity contribution is 1.29. The normalized spacial score (nSPS) is 13.2. The first-order valence-corrected chi connectivity index (χ1v) is 25.2. The second-order valence-electron chi connectivity index (χ2n) is 15.9. The zero-order chi connectivity index (χ0) is 36.3. The maximum Gasteiger partial charge on any atom is 0.113 e. The molecule has 0 radical (unpaired) electrons. The topological polar surface area (TPSA) is 6.48 Å². The van der Waals surface area contributed by atoms with Crippen molar-refractivity contribution in [2.24, 2.45) is 0 Å². The van der Waals surface area contributed by atoms with Gasteiger partial charge in [0.2, 0.25) is 0 Å². The molecule has 0 fully saturated rings. The van der Waals surface area contributed by atoms with E-state index in [9.17, 15) is 0 Å². The summed E-state index contributed by atoms with van der Waals surface area (Å²) >= 11 is 0. The molecule has 8 aromatic carbocycles. The SMILES string of the molecule is C[Si](C)(C)c1ccc(N(c2ccccc2)c2ccc3c(c2)[Si](C)(C)c2cccc4c(N(c5ccccc5)c5ccc6ccccc6c5)ccc-3c24)cc1. The van der Waals surface area contributed by atoms with Gasteiger partial charge in [-0.25, -0.2) is 0 Å². The predicted molar refractivity (Wildman–Crippen MR) is 236 cm³/mol. The minimum Gasteiger partial charge on any atom is -0.311 e. The van der Waals surface area contributed by atoms with E-state index in [2.05, 4.69) is 218 Å². The van der Waals surface area contributed by atoms with Crippen LogP contribution in [0.1, 0.15) is 0 Å². The second kappa shape index (κ2) is 12.8. The van der Waals surface area contributed by atoms with Gasteiger partial charge in [0.1, 0.15) is 8.07 Å². The largest absolute Gasteiger partial charge is 0.311 e. The van der Waals surface area contributed by atoms with Crippen LogP contribution in [0.25, 0.3) is 32.7 Å². The Kier molecular flexibility index (Phi) is 7.99. The number of hydrogen-bond donors (Lipinski definition) is 0. The third kappa shape index (κ3) is 5.70. The minimum absolute atomic E-state index is 1.15. The first-order chi connectivity index (χ1) is 25.7. The monoisotopic (exact) mass is 716 g/mol. The van der Waals surface area contributed by atoms with Crippen LogP contribution in [-0.4, -0.2) is 16.1 Å². The van der Waals surface area contributed by atoms with E-state index in [4.69, 9.17) is 0 Å². The molecular formula is C49H44N2Si2. The van der Waals surface area contributed by atoms with Crippen molar-refractivity contribution in [1.82, 2.24) is 0 Å². The van der Waals surface area contributed by atoms with Crippen LogP contribution < -0.4 is 25.4 Å². The number of fused-ring (bicyclic) bond motifs is 3. The Morgan fingerprint density at radius 3 is 1.68 bits per heavy atom. The van der Waals surface area contributed by atoms with Crippen LogP contribution in [0.4, 0.5) is 34.1 Å². The van der Waals surface area contributed by atoms with Crippen molar-refractivity contribution in [2.75, 3.05) is 9.80 Å². The Hall–Kier alpha value is -5.69. The van der Waals surface area contributed by atoms with Crippen molar-refractivity contribution >= 4 is 87.4 Å². The summed E-state index contributed by atoms with van der Waals surface area (Å²) in [5, 5.41) is 9.63. The van der Waals surface area contributed by atoms with Crippen LogP contribution in [0.2, 0.25) is 32.7 Å². The quantitative estimate of drug-likeness (QED) is 0.152. The van der Waals surface area contributed by atoms with Gasteiger partial charge in [0.05, 0.1) is 13.8 Å². The van der Waals surface area contributed by atoms with Crippen LogP contribution in [0.15, 0.2) is 176 Å². The van der Waals surface area contributed by atoms with Crippen molar-refractivity contribution in [3.05, 3.63) is 176 Å². The fraction of sp³-hybridized carbons (Fsp3) is 0.102. The Morgan fingerprint density at radius 2 is 0.981 bits per heavy atom. The van der Waals surface area contributed by atoms with Gasteiger partial charge in [-0.15, -0.1) is 0 Å². The molecule has 0 saturated carbocycles. The molecule has 0 aromatic heterocycles. The second-order valence-corrected chi connectivity index (χ2v) is 25.3. The van der Waals surface area contributed by atoms with Crippen molar-refractivity contribution in [2.45, 2.75) is 32.7 Å². The smallest absolute Gasteiger partial charge is 0.113 e. The van der Waals surface area contributed by atoms with Crippen molar-refractivity contribution < 1.29 is 0 Å². The van der Waals surface area contributed by atoms with Gasteiger partial charge in [-0.2, -0.15) is 0 Å². The molecular weight excluding hydrogens is 673 g/mol. The zero-order valence-electron chi connectivity index (χ0n) is 31.1. The molecule has 0 atom stereocenters. The Morgan fingerprint density at radius 1 is 0.415 bits per heavy atom. The van der Waals surface area contributed by atoms with E-state index < -0.39 is 16.1 Å². The van der Waals surface area contributed by atoms with Crippen LogP contribution in [-0.2, 0) is 0 Å². The van der Waals surface area contributed by atoms with Gasteiger partial charge in [-0.1, -0.05) is 147 Å². The molecule has 4 heteroatoms. The fourth-order valence-electron chi connectivity index (χ4n) is 8.35. The lowest BCUT2D eigenvalue weighted by Crippen LogP contribution is -2.56. The molecule has 258 valence electrons. The standard InChI is InChI=1S/C49H44N2Si2/c1-52(2,3)42-28-25-39(26-29-42)50(37-17-8-6-9-18-37)41-27-30-43-44-31-32-46(45-21-14-22-47(49(44)45)53(4,5)48(43)34-41)51(38-19-10-7-11-20-38)40-24-23-35-15-12-13-16-36(35)33-40/h6-34H,1-5H3. The fourth-order valence-corrected chi connectivity index (χ4v) is 12.6. The van der Waals surface area contributed by atoms with E-state index in [0.717, 1.165) is 11.4 Å². The molecule has 0 saturated heterocycles. The number of benzene rings is 8. The van der Waals surface area contributed by atoms with E-state index in [-0.39, 0.29) is 0 Å². The number of hydrogen-bond acceptors (Lipinski definition) is 2. The van der Waals surface area contributed by atoms with Gasteiger partial charge < -0.3 is 9.80 Å². The Balaban J connectivity index is 1.22. The highest BCUT2D eigenvalue weighted by atomic mass is 28.3. The van der Waals surface area contributed by atoms with E-state index in [1.165, 1.54) is 71.0 Å². The van der Waals surface area contributed by atoms with Crippen LogP contribution in [0, 0.1) is 0 Å². The Bertz CT molecular complexity index is 2620. The number of rotatable bonds is 7. The summed E-state index contributed by atoms with van der Waals surface area (Å²) in [7, 11) is -3.59. The first-order valence-electron chi connectivity index (χ1n) is 18.7. The summed E-state index contributed by atoms with van der Waals surface area (Å²) in [5.74, 6) is 0. The number of para-hydroxylation sites is 2. The van der Waals surface area contributed by atoms with Gasteiger partial charge in [-0.3, -0.25) is 0 Å². The summed E-state index contributed by atoms with van der Waals surface area (Å²) < 4.78 is 0. The van der Waals surface area contributed by atoms with Crippen molar-refractivity contribution in [1.29, 1.82) is 0 Å². The molecule has 9 rings (SSSR count). The maximum absolute atomic E-state index is 2.54. The highest BCUT2D eigenvalue weighted by molar-refractivity contribution is 7.03. The van der Waals surface area contributed by atoms with Gasteiger partial charge >= 0.3 is 0 Å². The lowest BCUT2D eigenvalue weighted by atomic mass is 9.95. The molecule has 2 nitrogen and oxygen atoms in total. The molecule has 0 unspecified atom stereocenters. The molecule has 0 bridgehead atoms. The number of nitrogens with zero attached hydrogens (tertiary/aromatic N) is 2. The molecule has 0 N–H and O–H groups in total. The van der Waals surface area contributed by atoms with E-state index in [1.54, 1.807) is 0 Å². The third-order valence-corrected chi connectivity index (χ3v) is 16.8. The van der Waals surface area contributed by atoms with Crippen LogP contribution in [0.3, 0.4) is 0 Å². The summed E-state index contributed by atoms with van der Waals surface area (Å²) in [5.41, 5.74) is 9.76.